The number of rotatable bonds is 9. The molecule has 34 heteroatoms. The standard InChI is InChI=1S/2C12H9ClN2S.C12H9FN2S.C12H9IN2S.C12H10N2S.C11H7BrN2S.C11H7ClN2S.C11H7FN2S.C11H8N2S/c1-8-7-16-12-14-11(6-15(8)12)9-2-4-10(13)5-3-9;3*1-8-6-15-7-11(14-12(15)16-8)9-2-4-10(13)5-3-9;1-9-8-15-12-13-11(7-14(9)12)10-5-3-2-4-6-10;3*12-9-3-1-8(2-4-9)10-7-14-5-6-15-11(14)13-10;1-2-4-9(5-3-1)10-8-13-6-7-14-11(13)12-10/h4*2-7H,1H3;2-8H,1H3;3*1-7H;1-8H. The van der Waals surface area contributed by atoms with Gasteiger partial charge >= 0.3 is 0 Å². The fraction of sp³-hybridized carbons (Fsp3) is 0.0481. The van der Waals surface area contributed by atoms with Gasteiger partial charge < -0.3 is 0 Å². The Bertz CT molecular complexity index is 7940. The topological polar surface area (TPSA) is 156 Å². The minimum atomic E-state index is -0.222. The molecule has 18 nitrogen and oxygen atoms in total. The number of hydrogen-bond donors (Lipinski definition) is 0. The van der Waals surface area contributed by atoms with Gasteiger partial charge in [-0.2, -0.15) is 0 Å². The number of thiazole rings is 9. The van der Waals surface area contributed by atoms with E-state index < -0.39 is 0 Å². The summed E-state index contributed by atoms with van der Waals surface area (Å²) < 4.78 is 46.3. The van der Waals surface area contributed by atoms with Crippen LogP contribution < -0.4 is 0 Å². The lowest BCUT2D eigenvalue weighted by atomic mass is 10.2. The van der Waals surface area contributed by atoms with Crippen molar-refractivity contribution in [2.24, 2.45) is 0 Å². The van der Waals surface area contributed by atoms with Gasteiger partial charge in [-0.05, 0) is 166 Å². The second-order valence-electron chi connectivity index (χ2n) is 30.9. The number of fused-ring (bicyclic) bond motifs is 9. The zero-order valence-corrected chi connectivity index (χ0v) is 86.9. The summed E-state index contributed by atoms with van der Waals surface area (Å²) in [4.78, 5) is 53.8. The Kier molecular flexibility index (Phi) is 29.6. The van der Waals surface area contributed by atoms with Crippen molar-refractivity contribution in [3.63, 3.8) is 0 Å². The summed E-state index contributed by atoms with van der Waals surface area (Å²) in [6.45, 7) is 10.4. The van der Waals surface area contributed by atoms with E-state index in [1.54, 1.807) is 126 Å². The van der Waals surface area contributed by atoms with Gasteiger partial charge in [-0.3, -0.25) is 39.6 Å². The summed E-state index contributed by atoms with van der Waals surface area (Å²) >= 11 is 38.2. The third kappa shape index (κ3) is 23.0. The Morgan fingerprint density at radius 3 is 0.754 bits per heavy atom. The number of hydrogen-bond acceptors (Lipinski definition) is 18. The van der Waals surface area contributed by atoms with E-state index in [1.165, 1.54) is 70.5 Å². The quantitative estimate of drug-likeness (QED) is 0.128. The lowest BCUT2D eigenvalue weighted by Crippen LogP contribution is -1.78. The number of aromatic nitrogens is 18. The van der Waals surface area contributed by atoms with Crippen LogP contribution >= 0.6 is 175 Å². The van der Waals surface area contributed by atoms with E-state index >= 15 is 0 Å². The maximum atomic E-state index is 12.8. The van der Waals surface area contributed by atoms with Crippen LogP contribution in [0.15, 0.2) is 366 Å². The molecule has 0 unspecified atom stereocenters. The number of aryl methyl sites for hydroxylation is 5. The Hall–Kier alpha value is -12.6. The fourth-order valence-electron chi connectivity index (χ4n) is 14.2. The van der Waals surface area contributed by atoms with Crippen molar-refractivity contribution in [2.75, 3.05) is 0 Å². The van der Waals surface area contributed by atoms with Crippen molar-refractivity contribution < 1.29 is 8.78 Å². The number of benzene rings is 9. The van der Waals surface area contributed by atoms with E-state index in [0.717, 1.165) is 149 Å². The van der Waals surface area contributed by atoms with Gasteiger partial charge in [-0.25, -0.2) is 53.6 Å². The highest BCUT2D eigenvalue weighted by molar-refractivity contribution is 14.1. The molecule has 0 aliphatic heterocycles. The van der Waals surface area contributed by atoms with E-state index in [2.05, 4.69) is 250 Å². The van der Waals surface area contributed by atoms with Crippen molar-refractivity contribution in [1.82, 2.24) is 84.5 Å². The van der Waals surface area contributed by atoms with Gasteiger partial charge in [0.25, 0.3) is 0 Å². The number of halogens is 7. The second kappa shape index (κ2) is 43.2. The minimum absolute atomic E-state index is 0.222. The van der Waals surface area contributed by atoms with Gasteiger partial charge in [0.05, 0.1) is 51.2 Å². The molecule has 9 aromatic carbocycles. The van der Waals surface area contributed by atoms with Crippen LogP contribution in [0.1, 0.15) is 26.0 Å². The van der Waals surface area contributed by atoms with Crippen molar-refractivity contribution in [3.05, 3.63) is 423 Å². The zero-order valence-electron chi connectivity index (χ0n) is 73.5. The molecule has 0 radical (unpaired) electrons. The molecular weight excluding hydrogens is 2140 g/mol. The number of imidazole rings is 9. The third-order valence-corrected chi connectivity index (χ3v) is 30.8. The van der Waals surface area contributed by atoms with Gasteiger partial charge in [-0.1, -0.05) is 172 Å². The normalized spacial score (nSPS) is 11.0. The minimum Gasteiger partial charge on any atom is -0.297 e. The number of nitrogens with zero attached hydrogens (tertiary/aromatic N) is 18. The third-order valence-electron chi connectivity index (χ3n) is 21.1. The molecule has 27 aromatic rings. The van der Waals surface area contributed by atoms with Crippen LogP contribution in [0.4, 0.5) is 8.78 Å². The molecule has 0 atom stereocenters. The van der Waals surface area contributed by atoms with Crippen LogP contribution in [0.5, 0.6) is 0 Å². The van der Waals surface area contributed by atoms with Gasteiger partial charge in [0.2, 0.25) is 0 Å². The van der Waals surface area contributed by atoms with E-state index in [-0.39, 0.29) is 11.6 Å². The first kappa shape index (κ1) is 94.4. The monoisotopic (exact) mass is 2210 g/mol. The maximum absolute atomic E-state index is 12.8. The van der Waals surface area contributed by atoms with Crippen molar-refractivity contribution in [2.45, 2.75) is 34.6 Å². The molecule has 0 N–H and O–H groups in total. The molecule has 18 heterocycles. The van der Waals surface area contributed by atoms with Gasteiger partial charge in [0.15, 0.2) is 44.6 Å². The molecule has 0 spiro atoms. The SMILES string of the molecule is Brc1ccc(-c2cn3ccsc3n2)cc1.Cc1cn2cc(-c3ccc(Cl)cc3)nc2s1.Cc1cn2cc(-c3ccc(F)cc3)nc2s1.Cc1cn2cc(-c3ccc(I)cc3)nc2s1.Cc1csc2nc(-c3ccc(Cl)cc3)cn12.Cc1csc2nc(-c3ccccc3)cn12.Clc1ccc(-c2cn3ccsc3n2)cc1.Fc1ccc(-c2cn3ccsc3n2)cc1.c1ccc(-c2cn3ccsc3n2)cc1. The molecule has 684 valence electrons. The lowest BCUT2D eigenvalue weighted by Gasteiger charge is -1.95. The summed E-state index contributed by atoms with van der Waals surface area (Å²) in [7, 11) is 0. The predicted molar refractivity (Wildman–Crippen MR) is 586 cm³/mol. The van der Waals surface area contributed by atoms with E-state index in [4.69, 9.17) is 34.8 Å². The molecule has 0 saturated carbocycles. The molecule has 18 aromatic heterocycles. The summed E-state index contributed by atoms with van der Waals surface area (Å²) in [6.07, 6.45) is 32.6. The lowest BCUT2D eigenvalue weighted by molar-refractivity contribution is 0.627. The van der Waals surface area contributed by atoms with E-state index in [9.17, 15) is 8.78 Å². The summed E-state index contributed by atoms with van der Waals surface area (Å²) in [5, 5.41) is 14.6. The molecule has 0 amide bonds. The smallest absolute Gasteiger partial charge is 0.194 e. The maximum Gasteiger partial charge on any atom is 0.194 e. The molecular formula is C104H75BrCl3F2IN18S9. The van der Waals surface area contributed by atoms with Gasteiger partial charge in [0, 0.05) is 231 Å². The molecule has 27 rings (SSSR count). The van der Waals surface area contributed by atoms with Crippen molar-refractivity contribution >= 4 is 220 Å². The van der Waals surface area contributed by atoms with E-state index in [1.807, 2.05) is 221 Å². The molecule has 0 saturated heterocycles. The van der Waals surface area contributed by atoms with Crippen LogP contribution in [0.3, 0.4) is 0 Å². The van der Waals surface area contributed by atoms with Gasteiger partial charge in [0.1, 0.15) is 11.6 Å². The molecule has 0 fully saturated rings. The zero-order chi connectivity index (χ0) is 94.9. The highest BCUT2D eigenvalue weighted by Crippen LogP contribution is 2.34. The Balaban J connectivity index is 0.0000000992. The summed E-state index contributed by atoms with van der Waals surface area (Å²) in [5.41, 5.74) is 21.2. The second-order valence-corrected chi connectivity index (χ2v) is 43.2. The molecule has 138 heavy (non-hydrogen) atoms. The first-order chi connectivity index (χ1) is 67.2. The highest BCUT2D eigenvalue weighted by Gasteiger charge is 2.16. The fourth-order valence-corrected chi connectivity index (χ4v) is 22.2. The average Bonchev–Trinajstić information content (AvgIpc) is 1.66. The summed E-state index contributed by atoms with van der Waals surface area (Å²) in [5.74, 6) is -0.444. The highest BCUT2D eigenvalue weighted by atomic mass is 127. The Labute approximate surface area is 862 Å². The first-order valence-electron chi connectivity index (χ1n) is 42.5. The van der Waals surface area contributed by atoms with E-state index in [0.29, 0.717) is 0 Å². The predicted octanol–water partition coefficient (Wildman–Crippen LogP) is 32.7. The van der Waals surface area contributed by atoms with Gasteiger partial charge in [-0.15, -0.1) is 102 Å². The molecule has 0 aliphatic rings. The average molecular weight is 2220 g/mol. The largest absolute Gasteiger partial charge is 0.297 e. The Morgan fingerprint density at radius 1 is 0.254 bits per heavy atom. The van der Waals surface area contributed by atoms with Crippen LogP contribution in [0, 0.1) is 49.8 Å². The first-order valence-corrected chi connectivity index (χ1v) is 53.2. The summed E-state index contributed by atoms with van der Waals surface area (Å²) in [6, 6.07) is 73.1. The van der Waals surface area contributed by atoms with Crippen LogP contribution in [0.2, 0.25) is 15.1 Å². The molecule has 0 bridgehead atoms. The van der Waals surface area contributed by atoms with Crippen molar-refractivity contribution in [3.8, 4) is 101 Å². The Morgan fingerprint density at radius 2 is 0.486 bits per heavy atom. The van der Waals surface area contributed by atoms with Crippen molar-refractivity contribution in [1.29, 1.82) is 0 Å². The van der Waals surface area contributed by atoms with Crippen LogP contribution in [0.25, 0.3) is 146 Å². The van der Waals surface area contributed by atoms with Crippen LogP contribution in [-0.4, -0.2) is 84.5 Å². The van der Waals surface area contributed by atoms with Crippen LogP contribution in [-0.2, 0) is 0 Å². The molecule has 0 aliphatic carbocycles.